The van der Waals surface area contributed by atoms with E-state index in [1.54, 1.807) is 6.21 Å². The van der Waals surface area contributed by atoms with Crippen LogP contribution in [0.15, 0.2) is 71.8 Å². The summed E-state index contributed by atoms with van der Waals surface area (Å²) in [7, 11) is 0. The van der Waals surface area contributed by atoms with Crippen LogP contribution in [0.4, 0.5) is 5.69 Å². The van der Waals surface area contributed by atoms with Crippen LogP contribution < -0.4 is 10.2 Å². The summed E-state index contributed by atoms with van der Waals surface area (Å²) in [6.45, 7) is 6.88. The number of hydrogen-bond acceptors (Lipinski definition) is 3. The van der Waals surface area contributed by atoms with Crippen LogP contribution in [0.3, 0.4) is 0 Å². The highest BCUT2D eigenvalue weighted by Gasteiger charge is 1.99. The molecule has 0 radical (unpaired) electrons. The summed E-state index contributed by atoms with van der Waals surface area (Å²) in [4.78, 5) is 0. The molecule has 0 saturated carbocycles. The van der Waals surface area contributed by atoms with Crippen LogP contribution in [0, 0.1) is 20.8 Å². The van der Waals surface area contributed by atoms with Crippen LogP contribution in [0.2, 0.25) is 0 Å². The number of nitrogens with one attached hydrogen (secondary N) is 1. The Bertz CT molecular complexity index is 898. The fourth-order valence-corrected chi connectivity index (χ4v) is 2.58. The Hall–Kier alpha value is -3.07. The topological polar surface area (TPSA) is 33.6 Å². The van der Waals surface area contributed by atoms with E-state index in [-0.39, 0.29) is 0 Å². The molecule has 3 aromatic rings. The molecule has 1 N–H and O–H groups in total. The van der Waals surface area contributed by atoms with Crippen LogP contribution in [-0.4, -0.2) is 6.21 Å². The Balaban J connectivity index is 1.55. The summed E-state index contributed by atoms with van der Waals surface area (Å²) in [6, 6.07) is 22.4. The molecule has 3 rings (SSSR count). The predicted molar refractivity (Wildman–Crippen MR) is 109 cm³/mol. The van der Waals surface area contributed by atoms with Gasteiger partial charge in [0.2, 0.25) is 0 Å². The van der Waals surface area contributed by atoms with E-state index in [0.717, 1.165) is 17.0 Å². The highest BCUT2D eigenvalue weighted by Crippen LogP contribution is 2.16. The van der Waals surface area contributed by atoms with E-state index >= 15 is 0 Å². The molecule has 0 aliphatic rings. The van der Waals surface area contributed by atoms with Gasteiger partial charge in [-0.05, 0) is 85.0 Å². The van der Waals surface area contributed by atoms with E-state index in [1.165, 1.54) is 22.3 Å². The number of benzene rings is 3. The lowest BCUT2D eigenvalue weighted by Gasteiger charge is -2.08. The van der Waals surface area contributed by atoms with Crippen molar-refractivity contribution in [2.75, 3.05) is 5.43 Å². The van der Waals surface area contributed by atoms with Gasteiger partial charge in [-0.1, -0.05) is 30.3 Å². The maximum atomic E-state index is 5.87. The van der Waals surface area contributed by atoms with Gasteiger partial charge in [0.1, 0.15) is 12.4 Å². The number of ether oxygens (including phenoxy) is 1. The number of hydrazone groups is 1. The number of aryl methyl sites for hydroxylation is 3. The molecule has 0 saturated heterocycles. The van der Waals surface area contributed by atoms with Crippen LogP contribution in [0.5, 0.6) is 5.75 Å². The van der Waals surface area contributed by atoms with Gasteiger partial charge in [-0.2, -0.15) is 5.10 Å². The zero-order chi connectivity index (χ0) is 18.4. The molecule has 0 amide bonds. The normalized spacial score (nSPS) is 10.9. The molecule has 3 heteroatoms. The van der Waals surface area contributed by atoms with Gasteiger partial charge in [-0.25, -0.2) is 0 Å². The summed E-state index contributed by atoms with van der Waals surface area (Å²) >= 11 is 0. The van der Waals surface area contributed by atoms with E-state index in [4.69, 9.17) is 4.74 Å². The minimum atomic E-state index is 0.578. The Morgan fingerprint density at radius 1 is 0.846 bits per heavy atom. The molecule has 0 atom stereocenters. The van der Waals surface area contributed by atoms with Crippen molar-refractivity contribution in [3.8, 4) is 5.75 Å². The first kappa shape index (κ1) is 17.7. The molecule has 0 aliphatic carbocycles. The van der Waals surface area contributed by atoms with Crippen molar-refractivity contribution in [2.45, 2.75) is 27.4 Å². The van der Waals surface area contributed by atoms with Crippen molar-refractivity contribution in [1.29, 1.82) is 0 Å². The molecule has 0 spiro atoms. The molecule has 3 nitrogen and oxygen atoms in total. The molecule has 0 bridgehead atoms. The quantitative estimate of drug-likeness (QED) is 0.464. The van der Waals surface area contributed by atoms with Crippen molar-refractivity contribution in [1.82, 2.24) is 0 Å². The highest BCUT2D eigenvalue weighted by molar-refractivity contribution is 5.80. The molecule has 0 aliphatic heterocycles. The average molecular weight is 344 g/mol. The van der Waals surface area contributed by atoms with Crippen molar-refractivity contribution in [3.63, 3.8) is 0 Å². The minimum Gasteiger partial charge on any atom is -0.489 e. The Morgan fingerprint density at radius 3 is 2.35 bits per heavy atom. The van der Waals surface area contributed by atoms with Crippen LogP contribution >= 0.6 is 0 Å². The molecule has 3 aromatic carbocycles. The third kappa shape index (κ3) is 4.73. The Kier molecular flexibility index (Phi) is 5.69. The number of rotatable bonds is 6. The van der Waals surface area contributed by atoms with Gasteiger partial charge in [-0.3, -0.25) is 5.43 Å². The third-order valence-electron chi connectivity index (χ3n) is 4.45. The summed E-state index contributed by atoms with van der Waals surface area (Å²) in [6.07, 6.45) is 1.81. The van der Waals surface area contributed by atoms with Gasteiger partial charge in [0.15, 0.2) is 0 Å². The van der Waals surface area contributed by atoms with E-state index in [9.17, 15) is 0 Å². The number of anilines is 1. The number of hydrogen-bond donors (Lipinski definition) is 1. The predicted octanol–water partition coefficient (Wildman–Crippen LogP) is 5.64. The molecule has 132 valence electrons. The van der Waals surface area contributed by atoms with Gasteiger partial charge in [0.25, 0.3) is 0 Å². The molecular weight excluding hydrogens is 320 g/mol. The smallest absolute Gasteiger partial charge is 0.119 e. The van der Waals surface area contributed by atoms with Gasteiger partial charge in [0, 0.05) is 0 Å². The molecule has 0 unspecified atom stereocenters. The van der Waals surface area contributed by atoms with Crippen LogP contribution in [-0.2, 0) is 6.61 Å². The van der Waals surface area contributed by atoms with Crippen molar-refractivity contribution < 1.29 is 4.74 Å². The first-order valence-electron chi connectivity index (χ1n) is 8.75. The fraction of sp³-hybridized carbons (Fsp3) is 0.174. The minimum absolute atomic E-state index is 0.578. The van der Waals surface area contributed by atoms with Crippen molar-refractivity contribution >= 4 is 11.9 Å². The first-order chi connectivity index (χ1) is 12.6. The van der Waals surface area contributed by atoms with Gasteiger partial charge in [-0.15, -0.1) is 0 Å². The van der Waals surface area contributed by atoms with Gasteiger partial charge in [0.05, 0.1) is 11.9 Å². The zero-order valence-corrected chi connectivity index (χ0v) is 15.5. The van der Waals surface area contributed by atoms with Gasteiger partial charge < -0.3 is 4.74 Å². The van der Waals surface area contributed by atoms with E-state index in [0.29, 0.717) is 6.61 Å². The van der Waals surface area contributed by atoms with Crippen molar-refractivity contribution in [3.05, 3.63) is 94.5 Å². The monoisotopic (exact) mass is 344 g/mol. The first-order valence-corrected chi connectivity index (χ1v) is 8.75. The average Bonchev–Trinajstić information content (AvgIpc) is 2.65. The second-order valence-corrected chi connectivity index (χ2v) is 6.45. The van der Waals surface area contributed by atoms with E-state index < -0.39 is 0 Å². The molecule has 0 fully saturated rings. The van der Waals surface area contributed by atoms with Crippen LogP contribution in [0.1, 0.15) is 27.8 Å². The van der Waals surface area contributed by atoms with Crippen LogP contribution in [0.25, 0.3) is 0 Å². The molecule has 0 aromatic heterocycles. The molecule has 0 heterocycles. The summed E-state index contributed by atoms with van der Waals surface area (Å²) in [5.41, 5.74) is 10.1. The summed E-state index contributed by atoms with van der Waals surface area (Å²) in [5, 5.41) is 4.30. The molecular formula is C23H24N2O. The Labute approximate surface area is 155 Å². The highest BCUT2D eigenvalue weighted by atomic mass is 16.5. The zero-order valence-electron chi connectivity index (χ0n) is 15.5. The lowest BCUT2D eigenvalue weighted by Crippen LogP contribution is -1.97. The van der Waals surface area contributed by atoms with E-state index in [1.807, 2.05) is 42.5 Å². The SMILES string of the molecule is Cc1ccc(NN=Cc2ccc(OCc3ccccc3C)cc2)cc1C. The lowest BCUT2D eigenvalue weighted by atomic mass is 10.1. The Morgan fingerprint density at radius 2 is 1.62 bits per heavy atom. The summed E-state index contributed by atoms with van der Waals surface area (Å²) in [5.74, 6) is 0.854. The van der Waals surface area contributed by atoms with E-state index in [2.05, 4.69) is 55.6 Å². The third-order valence-corrected chi connectivity index (χ3v) is 4.45. The maximum Gasteiger partial charge on any atom is 0.119 e. The largest absolute Gasteiger partial charge is 0.489 e. The lowest BCUT2D eigenvalue weighted by molar-refractivity contribution is 0.305. The second kappa shape index (κ2) is 8.34. The van der Waals surface area contributed by atoms with Gasteiger partial charge >= 0.3 is 0 Å². The summed E-state index contributed by atoms with van der Waals surface area (Å²) < 4.78 is 5.87. The maximum absolute atomic E-state index is 5.87. The molecule has 26 heavy (non-hydrogen) atoms. The van der Waals surface area contributed by atoms with Crippen molar-refractivity contribution in [2.24, 2.45) is 5.10 Å². The second-order valence-electron chi connectivity index (χ2n) is 6.45. The standard InChI is InChI=1S/C23H24N2O/c1-17-8-11-22(14-19(17)3)25-24-15-20-9-12-23(13-10-20)26-16-21-7-5-4-6-18(21)2/h4-15,25H,16H2,1-3H3. The number of nitrogens with zero attached hydrogens (tertiary/aromatic N) is 1. The fourth-order valence-electron chi connectivity index (χ4n) is 2.58.